The SMILES string of the molecule is CC1COCCN1C(C)C(=O)Nc1ccccc1CN. The predicted molar refractivity (Wildman–Crippen MR) is 79.4 cm³/mol. The van der Waals surface area contributed by atoms with Gasteiger partial charge in [0.2, 0.25) is 5.91 Å². The highest BCUT2D eigenvalue weighted by molar-refractivity contribution is 5.95. The van der Waals surface area contributed by atoms with E-state index in [9.17, 15) is 4.79 Å². The number of carbonyl (C=O) groups is 1. The molecule has 1 aromatic carbocycles. The summed E-state index contributed by atoms with van der Waals surface area (Å²) in [5.74, 6) is -0.000324. The Balaban J connectivity index is 2.03. The van der Waals surface area contributed by atoms with Crippen LogP contribution >= 0.6 is 0 Å². The van der Waals surface area contributed by atoms with E-state index < -0.39 is 0 Å². The first-order valence-corrected chi connectivity index (χ1v) is 7.05. The highest BCUT2D eigenvalue weighted by atomic mass is 16.5. The van der Waals surface area contributed by atoms with Crippen molar-refractivity contribution >= 4 is 11.6 Å². The molecule has 110 valence electrons. The molecule has 5 nitrogen and oxygen atoms in total. The summed E-state index contributed by atoms with van der Waals surface area (Å²) in [5.41, 5.74) is 7.44. The van der Waals surface area contributed by atoms with Crippen LogP contribution in [0, 0.1) is 0 Å². The number of para-hydroxylation sites is 1. The molecule has 0 radical (unpaired) electrons. The molecule has 0 bridgehead atoms. The van der Waals surface area contributed by atoms with Crippen LogP contribution in [-0.4, -0.2) is 42.6 Å². The summed E-state index contributed by atoms with van der Waals surface area (Å²) in [7, 11) is 0. The Bertz CT molecular complexity index is 464. The van der Waals surface area contributed by atoms with Crippen molar-refractivity contribution in [1.82, 2.24) is 4.90 Å². The van der Waals surface area contributed by atoms with Crippen molar-refractivity contribution in [2.24, 2.45) is 5.73 Å². The van der Waals surface area contributed by atoms with E-state index in [1.54, 1.807) is 0 Å². The van der Waals surface area contributed by atoms with Gasteiger partial charge in [0.15, 0.2) is 0 Å². The van der Waals surface area contributed by atoms with Crippen molar-refractivity contribution in [3.8, 4) is 0 Å². The molecule has 2 atom stereocenters. The second kappa shape index (κ2) is 6.83. The Morgan fingerprint density at radius 3 is 3.00 bits per heavy atom. The van der Waals surface area contributed by atoms with Crippen LogP contribution in [0.2, 0.25) is 0 Å². The van der Waals surface area contributed by atoms with Gasteiger partial charge in [-0.25, -0.2) is 0 Å². The first kappa shape index (κ1) is 15.0. The normalized spacial score (nSPS) is 21.4. The minimum Gasteiger partial charge on any atom is -0.379 e. The third kappa shape index (κ3) is 3.36. The minimum absolute atomic E-state index is 0.000324. The number of amides is 1. The first-order chi connectivity index (χ1) is 9.63. The van der Waals surface area contributed by atoms with Gasteiger partial charge < -0.3 is 15.8 Å². The number of benzene rings is 1. The number of nitrogens with two attached hydrogens (primary N) is 1. The van der Waals surface area contributed by atoms with Crippen molar-refractivity contribution in [3.05, 3.63) is 29.8 Å². The van der Waals surface area contributed by atoms with E-state index in [0.717, 1.165) is 17.8 Å². The molecule has 2 unspecified atom stereocenters. The lowest BCUT2D eigenvalue weighted by molar-refractivity contribution is -0.124. The molecule has 0 spiro atoms. The topological polar surface area (TPSA) is 67.6 Å². The van der Waals surface area contributed by atoms with Crippen LogP contribution < -0.4 is 11.1 Å². The van der Waals surface area contributed by atoms with Gasteiger partial charge in [-0.3, -0.25) is 9.69 Å². The van der Waals surface area contributed by atoms with E-state index in [0.29, 0.717) is 19.8 Å². The van der Waals surface area contributed by atoms with Crippen molar-refractivity contribution in [1.29, 1.82) is 0 Å². The van der Waals surface area contributed by atoms with Gasteiger partial charge in [-0.2, -0.15) is 0 Å². The van der Waals surface area contributed by atoms with Gasteiger partial charge in [0.1, 0.15) is 0 Å². The Morgan fingerprint density at radius 1 is 1.55 bits per heavy atom. The van der Waals surface area contributed by atoms with E-state index in [1.165, 1.54) is 0 Å². The summed E-state index contributed by atoms with van der Waals surface area (Å²) in [4.78, 5) is 14.6. The molecule has 2 rings (SSSR count). The highest BCUT2D eigenvalue weighted by Crippen LogP contribution is 2.17. The molecule has 0 aliphatic carbocycles. The van der Waals surface area contributed by atoms with Crippen LogP contribution in [0.5, 0.6) is 0 Å². The molecular weight excluding hydrogens is 254 g/mol. The lowest BCUT2D eigenvalue weighted by atomic mass is 10.1. The molecule has 5 heteroatoms. The maximum atomic E-state index is 12.4. The molecule has 3 N–H and O–H groups in total. The third-order valence-corrected chi connectivity index (χ3v) is 3.79. The Labute approximate surface area is 120 Å². The molecule has 1 saturated heterocycles. The van der Waals surface area contributed by atoms with E-state index in [4.69, 9.17) is 10.5 Å². The molecule has 1 aromatic rings. The molecule has 20 heavy (non-hydrogen) atoms. The Kier molecular flexibility index (Phi) is 5.11. The Hall–Kier alpha value is -1.43. The first-order valence-electron chi connectivity index (χ1n) is 7.05. The van der Waals surface area contributed by atoms with Crippen LogP contribution in [0.4, 0.5) is 5.69 Å². The summed E-state index contributed by atoms with van der Waals surface area (Å²) in [5, 5.41) is 2.98. The predicted octanol–water partition coefficient (Wildman–Crippen LogP) is 1.19. The molecular formula is C15H23N3O2. The second-order valence-electron chi connectivity index (χ2n) is 5.19. The van der Waals surface area contributed by atoms with E-state index in [2.05, 4.69) is 17.1 Å². The minimum atomic E-state index is -0.181. The summed E-state index contributed by atoms with van der Waals surface area (Å²) >= 11 is 0. The van der Waals surface area contributed by atoms with Crippen LogP contribution in [0.25, 0.3) is 0 Å². The smallest absolute Gasteiger partial charge is 0.241 e. The average molecular weight is 277 g/mol. The second-order valence-corrected chi connectivity index (χ2v) is 5.19. The largest absolute Gasteiger partial charge is 0.379 e. The highest BCUT2D eigenvalue weighted by Gasteiger charge is 2.28. The maximum absolute atomic E-state index is 12.4. The number of nitrogens with one attached hydrogen (secondary N) is 1. The maximum Gasteiger partial charge on any atom is 0.241 e. The Morgan fingerprint density at radius 2 is 2.30 bits per heavy atom. The van der Waals surface area contributed by atoms with Gasteiger partial charge >= 0.3 is 0 Å². The number of nitrogens with zero attached hydrogens (tertiary/aromatic N) is 1. The zero-order valence-electron chi connectivity index (χ0n) is 12.1. The lowest BCUT2D eigenvalue weighted by Crippen LogP contribution is -2.52. The standard InChI is InChI=1S/C15H23N3O2/c1-11-10-20-8-7-18(11)12(2)15(19)17-14-6-4-3-5-13(14)9-16/h3-6,11-12H,7-10,16H2,1-2H3,(H,17,19). The van der Waals surface area contributed by atoms with Crippen molar-refractivity contribution in [3.63, 3.8) is 0 Å². The summed E-state index contributed by atoms with van der Waals surface area (Å²) in [6.07, 6.45) is 0. The van der Waals surface area contributed by atoms with Crippen molar-refractivity contribution in [2.75, 3.05) is 25.1 Å². The number of morpholine rings is 1. The molecule has 1 fully saturated rings. The van der Waals surface area contributed by atoms with Gasteiger partial charge in [0, 0.05) is 24.8 Å². The van der Waals surface area contributed by atoms with Gasteiger partial charge in [0.05, 0.1) is 19.3 Å². The fourth-order valence-electron chi connectivity index (χ4n) is 2.52. The van der Waals surface area contributed by atoms with Gasteiger partial charge in [-0.05, 0) is 25.5 Å². The molecule has 1 aliphatic rings. The molecule has 1 heterocycles. The molecule has 1 amide bonds. The van der Waals surface area contributed by atoms with Crippen molar-refractivity contribution < 1.29 is 9.53 Å². The molecule has 1 aliphatic heterocycles. The summed E-state index contributed by atoms with van der Waals surface area (Å²) < 4.78 is 5.41. The van der Waals surface area contributed by atoms with Crippen molar-refractivity contribution in [2.45, 2.75) is 32.5 Å². The number of ether oxygens (including phenoxy) is 1. The average Bonchev–Trinajstić information content (AvgIpc) is 2.47. The fourth-order valence-corrected chi connectivity index (χ4v) is 2.52. The fraction of sp³-hybridized carbons (Fsp3) is 0.533. The van der Waals surface area contributed by atoms with Crippen LogP contribution in [0.15, 0.2) is 24.3 Å². The number of carbonyl (C=O) groups excluding carboxylic acids is 1. The van der Waals surface area contributed by atoms with Crippen LogP contribution in [-0.2, 0) is 16.1 Å². The van der Waals surface area contributed by atoms with Gasteiger partial charge in [-0.15, -0.1) is 0 Å². The number of anilines is 1. The number of hydrogen-bond donors (Lipinski definition) is 2. The van der Waals surface area contributed by atoms with E-state index >= 15 is 0 Å². The van der Waals surface area contributed by atoms with Gasteiger partial charge in [0.25, 0.3) is 0 Å². The summed E-state index contributed by atoms with van der Waals surface area (Å²) in [6, 6.07) is 7.71. The number of hydrogen-bond acceptors (Lipinski definition) is 4. The number of rotatable bonds is 4. The summed E-state index contributed by atoms with van der Waals surface area (Å²) in [6.45, 7) is 6.57. The van der Waals surface area contributed by atoms with Crippen LogP contribution in [0.1, 0.15) is 19.4 Å². The van der Waals surface area contributed by atoms with E-state index in [-0.39, 0.29) is 18.0 Å². The lowest BCUT2D eigenvalue weighted by Gasteiger charge is -2.37. The quantitative estimate of drug-likeness (QED) is 0.867. The molecule has 0 saturated carbocycles. The monoisotopic (exact) mass is 277 g/mol. The third-order valence-electron chi connectivity index (χ3n) is 3.79. The van der Waals surface area contributed by atoms with Gasteiger partial charge in [-0.1, -0.05) is 18.2 Å². The van der Waals surface area contributed by atoms with E-state index in [1.807, 2.05) is 31.2 Å². The zero-order chi connectivity index (χ0) is 14.5. The van der Waals surface area contributed by atoms with Crippen LogP contribution in [0.3, 0.4) is 0 Å². The zero-order valence-corrected chi connectivity index (χ0v) is 12.1. The molecule has 0 aromatic heterocycles.